The average molecular weight is 343 g/mol. The van der Waals surface area contributed by atoms with Crippen LogP contribution in [0.2, 0.25) is 0 Å². The first-order valence-electron chi connectivity index (χ1n) is 8.56. The van der Waals surface area contributed by atoms with Gasteiger partial charge in [0, 0.05) is 31.7 Å². The van der Waals surface area contributed by atoms with Gasteiger partial charge in [-0.15, -0.1) is 0 Å². The Bertz CT molecular complexity index is 788. The van der Waals surface area contributed by atoms with E-state index in [-0.39, 0.29) is 18.6 Å². The van der Waals surface area contributed by atoms with E-state index < -0.39 is 6.10 Å². The number of likely N-dealkylation sites (tertiary alicyclic amines) is 1. The third kappa shape index (κ3) is 2.95. The molecule has 1 amide bonds. The first-order chi connectivity index (χ1) is 12.2. The number of rotatable bonds is 3. The summed E-state index contributed by atoms with van der Waals surface area (Å²) < 4.78 is 12.5. The van der Waals surface area contributed by atoms with Crippen molar-refractivity contribution in [2.45, 2.75) is 31.9 Å². The molecule has 1 N–H and O–H groups in total. The molecule has 0 radical (unpaired) electrons. The van der Waals surface area contributed by atoms with Crippen molar-refractivity contribution in [2.75, 3.05) is 19.9 Å². The van der Waals surface area contributed by atoms with Crippen LogP contribution in [-0.4, -0.2) is 51.7 Å². The standard InChI is InChI=1S/C18H21N3O4/c1-2-21-8-6-14(19-21)18(23)20-7-5-13(15(22)10-20)12-3-4-16-17(9-12)25-11-24-16/h3-4,6,8-9,13,15,22H,2,5,7,10-11H2,1H3/t13-,15+/m0/s1. The molecule has 7 nitrogen and oxygen atoms in total. The minimum atomic E-state index is -0.619. The van der Waals surface area contributed by atoms with Crippen molar-refractivity contribution in [3.05, 3.63) is 41.7 Å². The van der Waals surface area contributed by atoms with E-state index in [2.05, 4.69) is 5.10 Å². The van der Waals surface area contributed by atoms with Crippen molar-refractivity contribution in [1.82, 2.24) is 14.7 Å². The molecule has 1 fully saturated rings. The average Bonchev–Trinajstić information content (AvgIpc) is 3.29. The number of fused-ring (bicyclic) bond motifs is 1. The highest BCUT2D eigenvalue weighted by Crippen LogP contribution is 2.37. The maximum Gasteiger partial charge on any atom is 0.274 e. The number of hydrogen-bond acceptors (Lipinski definition) is 5. The van der Waals surface area contributed by atoms with Gasteiger partial charge in [-0.3, -0.25) is 9.48 Å². The Morgan fingerprint density at radius 3 is 2.92 bits per heavy atom. The molecule has 0 spiro atoms. The second-order valence-corrected chi connectivity index (χ2v) is 6.38. The molecule has 0 saturated carbocycles. The van der Waals surface area contributed by atoms with E-state index in [4.69, 9.17) is 9.47 Å². The molecule has 1 aromatic heterocycles. The summed E-state index contributed by atoms with van der Waals surface area (Å²) in [6.07, 6.45) is 1.87. The van der Waals surface area contributed by atoms with Gasteiger partial charge in [0.1, 0.15) is 5.69 Å². The minimum Gasteiger partial charge on any atom is -0.454 e. The zero-order valence-corrected chi connectivity index (χ0v) is 14.1. The molecule has 25 heavy (non-hydrogen) atoms. The van der Waals surface area contributed by atoms with E-state index in [1.807, 2.05) is 25.1 Å². The van der Waals surface area contributed by atoms with E-state index in [0.717, 1.165) is 17.9 Å². The van der Waals surface area contributed by atoms with Gasteiger partial charge in [-0.05, 0) is 37.1 Å². The number of aliphatic hydroxyl groups is 1. The lowest BCUT2D eigenvalue weighted by Crippen LogP contribution is -2.45. The number of carbonyl (C=O) groups is 1. The summed E-state index contributed by atoms with van der Waals surface area (Å²) in [5.74, 6) is 1.30. The lowest BCUT2D eigenvalue weighted by atomic mass is 9.87. The zero-order chi connectivity index (χ0) is 17.4. The molecular formula is C18H21N3O4. The fourth-order valence-electron chi connectivity index (χ4n) is 3.46. The highest BCUT2D eigenvalue weighted by molar-refractivity contribution is 5.92. The van der Waals surface area contributed by atoms with E-state index in [0.29, 0.717) is 31.0 Å². The molecule has 2 aromatic rings. The fourth-order valence-corrected chi connectivity index (χ4v) is 3.46. The van der Waals surface area contributed by atoms with Crippen LogP contribution in [0.3, 0.4) is 0 Å². The lowest BCUT2D eigenvalue weighted by Gasteiger charge is -2.36. The lowest BCUT2D eigenvalue weighted by molar-refractivity contribution is 0.0377. The van der Waals surface area contributed by atoms with Crippen LogP contribution in [0.5, 0.6) is 11.5 Å². The van der Waals surface area contributed by atoms with Crippen molar-refractivity contribution in [1.29, 1.82) is 0 Å². The predicted molar refractivity (Wildman–Crippen MR) is 89.7 cm³/mol. The summed E-state index contributed by atoms with van der Waals surface area (Å²) in [5.41, 5.74) is 1.44. The van der Waals surface area contributed by atoms with Crippen LogP contribution in [0.15, 0.2) is 30.5 Å². The molecular weight excluding hydrogens is 322 g/mol. The number of carbonyl (C=O) groups excluding carboxylic acids is 1. The van der Waals surface area contributed by atoms with Crippen LogP contribution in [-0.2, 0) is 6.54 Å². The summed E-state index contributed by atoms with van der Waals surface area (Å²) in [6.45, 7) is 3.83. The van der Waals surface area contributed by atoms with Crippen molar-refractivity contribution in [3.8, 4) is 11.5 Å². The second-order valence-electron chi connectivity index (χ2n) is 6.38. The summed E-state index contributed by atoms with van der Waals surface area (Å²) in [4.78, 5) is 14.3. The summed E-state index contributed by atoms with van der Waals surface area (Å²) in [7, 11) is 0. The van der Waals surface area contributed by atoms with Crippen LogP contribution in [0, 0.1) is 0 Å². The van der Waals surface area contributed by atoms with Crippen LogP contribution in [0.25, 0.3) is 0 Å². The number of aromatic nitrogens is 2. The van der Waals surface area contributed by atoms with E-state index >= 15 is 0 Å². The van der Waals surface area contributed by atoms with Gasteiger partial charge >= 0.3 is 0 Å². The fraction of sp³-hybridized carbons (Fsp3) is 0.444. The summed E-state index contributed by atoms with van der Waals surface area (Å²) >= 11 is 0. The van der Waals surface area contributed by atoms with Gasteiger partial charge in [-0.25, -0.2) is 0 Å². The maximum absolute atomic E-state index is 12.6. The predicted octanol–water partition coefficient (Wildman–Crippen LogP) is 1.62. The summed E-state index contributed by atoms with van der Waals surface area (Å²) in [5, 5.41) is 14.9. The van der Waals surface area contributed by atoms with Gasteiger partial charge in [0.05, 0.1) is 6.10 Å². The highest BCUT2D eigenvalue weighted by Gasteiger charge is 2.33. The van der Waals surface area contributed by atoms with Crippen LogP contribution < -0.4 is 9.47 Å². The summed E-state index contributed by atoms with van der Waals surface area (Å²) in [6, 6.07) is 7.49. The second kappa shape index (κ2) is 6.40. The van der Waals surface area contributed by atoms with Gasteiger partial charge in [0.2, 0.25) is 6.79 Å². The molecule has 0 bridgehead atoms. The largest absolute Gasteiger partial charge is 0.454 e. The normalized spacial score (nSPS) is 22.2. The molecule has 1 aromatic carbocycles. The Hall–Kier alpha value is -2.54. The third-order valence-electron chi connectivity index (χ3n) is 4.88. The van der Waals surface area contributed by atoms with Crippen molar-refractivity contribution < 1.29 is 19.4 Å². The van der Waals surface area contributed by atoms with Gasteiger partial charge in [0.15, 0.2) is 11.5 Å². The van der Waals surface area contributed by atoms with Gasteiger partial charge in [-0.1, -0.05) is 6.07 Å². The Balaban J connectivity index is 1.46. The number of ether oxygens (including phenoxy) is 2. The van der Waals surface area contributed by atoms with Crippen molar-refractivity contribution >= 4 is 5.91 Å². The molecule has 0 aliphatic carbocycles. The number of nitrogens with zero attached hydrogens (tertiary/aromatic N) is 3. The number of benzene rings is 1. The number of amides is 1. The van der Waals surface area contributed by atoms with E-state index in [1.165, 1.54) is 0 Å². The molecule has 7 heteroatoms. The molecule has 1 saturated heterocycles. The van der Waals surface area contributed by atoms with Crippen LogP contribution >= 0.6 is 0 Å². The van der Waals surface area contributed by atoms with Crippen LogP contribution in [0.4, 0.5) is 0 Å². The first kappa shape index (κ1) is 16.0. The number of β-amino-alcohol motifs (C(OH)–C–C–N with tert-alkyl or cyclic N) is 1. The van der Waals surface area contributed by atoms with Crippen molar-refractivity contribution in [3.63, 3.8) is 0 Å². The number of aliphatic hydroxyl groups excluding tert-OH is 1. The number of piperidine rings is 1. The molecule has 2 atom stereocenters. The molecule has 2 aliphatic heterocycles. The topological polar surface area (TPSA) is 76.8 Å². The smallest absolute Gasteiger partial charge is 0.274 e. The van der Waals surface area contributed by atoms with Crippen molar-refractivity contribution in [2.24, 2.45) is 0 Å². The molecule has 4 rings (SSSR count). The number of hydrogen-bond donors (Lipinski definition) is 1. The Labute approximate surface area is 145 Å². The van der Waals surface area contributed by atoms with Gasteiger partial charge in [-0.2, -0.15) is 5.10 Å². The Kier molecular flexibility index (Phi) is 4.09. The maximum atomic E-state index is 12.6. The molecule has 2 aliphatic rings. The molecule has 132 valence electrons. The SMILES string of the molecule is CCn1ccc(C(=O)N2CC[C@@H](c3ccc4c(c3)OCO4)[C@H](O)C2)n1. The quantitative estimate of drug-likeness (QED) is 0.916. The minimum absolute atomic E-state index is 0.0215. The monoisotopic (exact) mass is 343 g/mol. The van der Waals surface area contributed by atoms with Crippen LogP contribution in [0.1, 0.15) is 35.3 Å². The Morgan fingerprint density at radius 1 is 1.32 bits per heavy atom. The highest BCUT2D eigenvalue weighted by atomic mass is 16.7. The Morgan fingerprint density at radius 2 is 2.16 bits per heavy atom. The first-order valence-corrected chi connectivity index (χ1v) is 8.56. The van der Waals surface area contributed by atoms with E-state index in [9.17, 15) is 9.90 Å². The molecule has 0 unspecified atom stereocenters. The van der Waals surface area contributed by atoms with E-state index in [1.54, 1.807) is 21.8 Å². The zero-order valence-electron chi connectivity index (χ0n) is 14.1. The van der Waals surface area contributed by atoms with Gasteiger partial charge in [0.25, 0.3) is 5.91 Å². The van der Waals surface area contributed by atoms with Gasteiger partial charge < -0.3 is 19.5 Å². The number of aryl methyl sites for hydroxylation is 1. The molecule has 3 heterocycles. The third-order valence-corrected chi connectivity index (χ3v) is 4.88.